The highest BCUT2D eigenvalue weighted by Gasteiger charge is 2.45. The van der Waals surface area contributed by atoms with E-state index >= 15 is 0 Å². The van der Waals surface area contributed by atoms with E-state index in [0.29, 0.717) is 5.41 Å². The van der Waals surface area contributed by atoms with E-state index in [1.165, 1.54) is 50.9 Å². The van der Waals surface area contributed by atoms with Crippen LogP contribution in [0.15, 0.2) is 24.3 Å². The lowest BCUT2D eigenvalue weighted by atomic mass is 9.84. The zero-order valence-corrected chi connectivity index (χ0v) is 15.2. The molecule has 2 atom stereocenters. The van der Waals surface area contributed by atoms with Crippen LogP contribution in [0.5, 0.6) is 0 Å². The van der Waals surface area contributed by atoms with Crippen molar-refractivity contribution >= 4 is 11.6 Å². The molecule has 0 aromatic heterocycles. The van der Waals surface area contributed by atoms with Gasteiger partial charge in [0.25, 0.3) is 0 Å². The van der Waals surface area contributed by atoms with Gasteiger partial charge < -0.3 is 16.0 Å². The average molecular weight is 341 g/mol. The van der Waals surface area contributed by atoms with Crippen LogP contribution < -0.4 is 11.1 Å². The summed E-state index contributed by atoms with van der Waals surface area (Å²) in [4.78, 5) is 15.1. The molecule has 3 N–H and O–H groups in total. The highest BCUT2D eigenvalue weighted by molar-refractivity contribution is 5.93. The molecular formula is C21H31N3O. The van der Waals surface area contributed by atoms with Gasteiger partial charge in [0.1, 0.15) is 0 Å². The molecule has 136 valence electrons. The fourth-order valence-electron chi connectivity index (χ4n) is 4.68. The molecule has 0 spiro atoms. The fraction of sp³-hybridized carbons (Fsp3) is 0.667. The van der Waals surface area contributed by atoms with Gasteiger partial charge >= 0.3 is 0 Å². The number of carbonyl (C=O) groups is 1. The molecule has 4 heteroatoms. The van der Waals surface area contributed by atoms with E-state index in [-0.39, 0.29) is 17.9 Å². The number of hydrogen-bond acceptors (Lipinski definition) is 3. The molecule has 2 aliphatic carbocycles. The van der Waals surface area contributed by atoms with Gasteiger partial charge in [0.2, 0.25) is 5.91 Å². The van der Waals surface area contributed by atoms with Gasteiger partial charge in [-0.3, -0.25) is 4.79 Å². The number of benzene rings is 1. The summed E-state index contributed by atoms with van der Waals surface area (Å²) in [6.07, 6.45) is 9.45. The van der Waals surface area contributed by atoms with E-state index < -0.39 is 0 Å². The lowest BCUT2D eigenvalue weighted by Crippen LogP contribution is -2.40. The number of nitrogens with zero attached hydrogens (tertiary/aromatic N) is 1. The molecule has 1 saturated heterocycles. The lowest BCUT2D eigenvalue weighted by molar-refractivity contribution is -0.121. The Bertz CT molecular complexity index is 602. The molecule has 0 bridgehead atoms. The summed E-state index contributed by atoms with van der Waals surface area (Å²) in [6, 6.07) is 8.61. The first kappa shape index (κ1) is 17.0. The van der Waals surface area contributed by atoms with E-state index in [9.17, 15) is 4.79 Å². The summed E-state index contributed by atoms with van der Waals surface area (Å²) < 4.78 is 0. The topological polar surface area (TPSA) is 58.4 Å². The van der Waals surface area contributed by atoms with Gasteiger partial charge in [-0.15, -0.1) is 0 Å². The van der Waals surface area contributed by atoms with Crippen LogP contribution in [0.2, 0.25) is 0 Å². The van der Waals surface area contributed by atoms with Crippen LogP contribution in [0.4, 0.5) is 5.69 Å². The molecule has 3 aliphatic rings. The van der Waals surface area contributed by atoms with E-state index in [2.05, 4.69) is 34.5 Å². The molecule has 2 saturated carbocycles. The van der Waals surface area contributed by atoms with Crippen molar-refractivity contribution in [2.24, 2.45) is 11.7 Å². The highest BCUT2D eigenvalue weighted by atomic mass is 16.1. The second kappa shape index (κ2) is 7.08. The Kier molecular flexibility index (Phi) is 4.83. The van der Waals surface area contributed by atoms with Crippen molar-refractivity contribution in [2.45, 2.75) is 62.8 Å². The van der Waals surface area contributed by atoms with Gasteiger partial charge in [-0.05, 0) is 69.3 Å². The van der Waals surface area contributed by atoms with Crippen LogP contribution >= 0.6 is 0 Å². The van der Waals surface area contributed by atoms with Crippen molar-refractivity contribution in [1.82, 2.24) is 4.90 Å². The van der Waals surface area contributed by atoms with Crippen LogP contribution in [0, 0.1) is 5.92 Å². The number of hydrogen-bond donors (Lipinski definition) is 2. The minimum absolute atomic E-state index is 0.0169. The van der Waals surface area contributed by atoms with E-state index in [4.69, 9.17) is 5.73 Å². The third-order valence-electron chi connectivity index (χ3n) is 6.50. The number of likely N-dealkylation sites (tertiary alicyclic amines) is 1. The lowest BCUT2D eigenvalue weighted by Gasteiger charge is -2.27. The van der Waals surface area contributed by atoms with Crippen LogP contribution in [-0.2, 0) is 10.2 Å². The molecule has 1 heterocycles. The molecule has 3 fully saturated rings. The summed E-state index contributed by atoms with van der Waals surface area (Å²) in [7, 11) is 0. The van der Waals surface area contributed by atoms with Gasteiger partial charge in [-0.2, -0.15) is 0 Å². The predicted molar refractivity (Wildman–Crippen MR) is 102 cm³/mol. The second-order valence-electron chi connectivity index (χ2n) is 8.38. The Morgan fingerprint density at radius 1 is 1.08 bits per heavy atom. The van der Waals surface area contributed by atoms with Gasteiger partial charge in [0, 0.05) is 23.7 Å². The van der Waals surface area contributed by atoms with Crippen molar-refractivity contribution < 1.29 is 4.79 Å². The molecule has 25 heavy (non-hydrogen) atoms. The maximum Gasteiger partial charge on any atom is 0.229 e. The summed E-state index contributed by atoms with van der Waals surface area (Å²) in [5.74, 6) is 0.0662. The molecule has 1 aromatic rings. The van der Waals surface area contributed by atoms with Crippen molar-refractivity contribution in [3.05, 3.63) is 29.8 Å². The minimum Gasteiger partial charge on any atom is -0.327 e. The summed E-state index contributed by atoms with van der Waals surface area (Å²) >= 11 is 0. The molecular weight excluding hydrogens is 310 g/mol. The maximum atomic E-state index is 12.5. The minimum atomic E-state index is -0.0293. The monoisotopic (exact) mass is 341 g/mol. The first-order chi connectivity index (χ1) is 12.2. The SMILES string of the molecule is NC1CCCCC1C(=O)Nc1ccc(C2(CN3CCCC3)CC2)cc1. The molecule has 4 nitrogen and oxygen atoms in total. The predicted octanol–water partition coefficient (Wildman–Crippen LogP) is 3.27. The molecule has 0 radical (unpaired) electrons. The van der Waals surface area contributed by atoms with Crippen LogP contribution in [0.1, 0.15) is 56.9 Å². The largest absolute Gasteiger partial charge is 0.327 e. The zero-order valence-electron chi connectivity index (χ0n) is 15.2. The molecule has 1 aliphatic heterocycles. The standard InChI is InChI=1S/C21H31N3O/c22-19-6-2-1-5-18(19)20(25)23-17-9-7-16(8-10-17)21(11-12-21)15-24-13-3-4-14-24/h7-10,18-19H,1-6,11-15,22H2,(H,23,25). The zero-order chi connectivity index (χ0) is 17.3. The summed E-state index contributed by atoms with van der Waals surface area (Å²) in [5, 5.41) is 3.08. The molecule has 1 amide bonds. The average Bonchev–Trinajstić information content (AvgIpc) is 3.21. The molecule has 1 aromatic carbocycles. The van der Waals surface area contributed by atoms with Crippen LogP contribution in [0.25, 0.3) is 0 Å². The number of carbonyl (C=O) groups excluding carboxylic acids is 1. The highest BCUT2D eigenvalue weighted by Crippen LogP contribution is 2.49. The first-order valence-electron chi connectivity index (χ1n) is 10.1. The Morgan fingerprint density at radius 2 is 1.76 bits per heavy atom. The number of nitrogens with two attached hydrogens (primary N) is 1. The van der Waals surface area contributed by atoms with E-state index in [0.717, 1.165) is 31.4 Å². The molecule has 2 unspecified atom stereocenters. The molecule has 4 rings (SSSR count). The Balaban J connectivity index is 1.37. The Labute approximate surface area is 151 Å². The van der Waals surface area contributed by atoms with Gasteiger partial charge in [-0.1, -0.05) is 25.0 Å². The van der Waals surface area contributed by atoms with E-state index in [1.807, 2.05) is 0 Å². The fourth-order valence-corrected chi connectivity index (χ4v) is 4.68. The van der Waals surface area contributed by atoms with E-state index in [1.54, 1.807) is 0 Å². The van der Waals surface area contributed by atoms with Crippen molar-refractivity contribution in [2.75, 3.05) is 25.0 Å². The van der Waals surface area contributed by atoms with Crippen molar-refractivity contribution in [1.29, 1.82) is 0 Å². The van der Waals surface area contributed by atoms with Crippen molar-refractivity contribution in [3.63, 3.8) is 0 Å². The Morgan fingerprint density at radius 3 is 2.40 bits per heavy atom. The van der Waals surface area contributed by atoms with Crippen LogP contribution in [0.3, 0.4) is 0 Å². The quantitative estimate of drug-likeness (QED) is 0.864. The van der Waals surface area contributed by atoms with Gasteiger partial charge in [0.05, 0.1) is 5.92 Å². The van der Waals surface area contributed by atoms with Crippen LogP contribution in [-0.4, -0.2) is 36.5 Å². The third kappa shape index (κ3) is 3.75. The smallest absolute Gasteiger partial charge is 0.229 e. The number of rotatable bonds is 5. The number of anilines is 1. The second-order valence-corrected chi connectivity index (χ2v) is 8.38. The number of nitrogens with one attached hydrogen (secondary N) is 1. The third-order valence-corrected chi connectivity index (χ3v) is 6.50. The maximum absolute atomic E-state index is 12.5. The van der Waals surface area contributed by atoms with Gasteiger partial charge in [0.15, 0.2) is 0 Å². The summed E-state index contributed by atoms with van der Waals surface area (Å²) in [6.45, 7) is 3.73. The van der Waals surface area contributed by atoms with Crippen molar-refractivity contribution in [3.8, 4) is 0 Å². The summed E-state index contributed by atoms with van der Waals surface area (Å²) in [5.41, 5.74) is 8.85. The number of amides is 1. The van der Waals surface area contributed by atoms with Gasteiger partial charge in [-0.25, -0.2) is 0 Å². The normalized spacial score (nSPS) is 28.7. The first-order valence-corrected chi connectivity index (χ1v) is 10.1. The Hall–Kier alpha value is -1.39.